The lowest BCUT2D eigenvalue weighted by molar-refractivity contribution is -0.00998. The van der Waals surface area contributed by atoms with Crippen molar-refractivity contribution in [2.45, 2.75) is 38.7 Å². The fourth-order valence-electron chi connectivity index (χ4n) is 3.00. The van der Waals surface area contributed by atoms with E-state index in [1.807, 2.05) is 0 Å². The minimum Gasteiger partial charge on any atom is -0.384 e. The van der Waals surface area contributed by atoms with E-state index in [-0.39, 0.29) is 0 Å². The van der Waals surface area contributed by atoms with Crippen molar-refractivity contribution in [3.8, 4) is 0 Å². The van der Waals surface area contributed by atoms with E-state index in [1.54, 1.807) is 14.2 Å². The van der Waals surface area contributed by atoms with E-state index in [9.17, 15) is 0 Å². The highest BCUT2D eigenvalue weighted by atomic mass is 16.5. The van der Waals surface area contributed by atoms with Crippen molar-refractivity contribution in [1.82, 2.24) is 9.80 Å². The molecule has 0 spiro atoms. The van der Waals surface area contributed by atoms with E-state index in [0.717, 1.165) is 91.2 Å². The van der Waals surface area contributed by atoms with Crippen LogP contribution >= 0.6 is 0 Å². The summed E-state index contributed by atoms with van der Waals surface area (Å²) in [5.41, 5.74) is 0. The number of methoxy groups -OCH3 is 2. The monoisotopic (exact) mass is 418 g/mol. The third-order valence-electron chi connectivity index (χ3n) is 5.39. The van der Waals surface area contributed by atoms with Gasteiger partial charge >= 0.3 is 0 Å². The normalized spacial score (nSPS) is 23.6. The Labute approximate surface area is 178 Å². The molecule has 0 bridgehead atoms. The molecule has 1 aliphatic carbocycles. The Kier molecular flexibility index (Phi) is 17.1. The van der Waals surface area contributed by atoms with Gasteiger partial charge in [-0.05, 0) is 45.2 Å². The zero-order valence-corrected chi connectivity index (χ0v) is 19.4. The Hall–Kier alpha value is -0.280. The first kappa shape index (κ1) is 26.8. The molecule has 7 heteroatoms. The highest BCUT2D eigenvalue weighted by Gasteiger charge is 2.20. The van der Waals surface area contributed by atoms with E-state index < -0.39 is 0 Å². The van der Waals surface area contributed by atoms with Crippen molar-refractivity contribution in [2.75, 3.05) is 100 Å². The summed E-state index contributed by atoms with van der Waals surface area (Å²) in [5, 5.41) is 0. The van der Waals surface area contributed by atoms with Crippen LogP contribution in [0.25, 0.3) is 0 Å². The number of morpholine rings is 2. The van der Waals surface area contributed by atoms with Gasteiger partial charge in [0.1, 0.15) is 0 Å². The molecule has 0 aromatic heterocycles. The predicted molar refractivity (Wildman–Crippen MR) is 117 cm³/mol. The van der Waals surface area contributed by atoms with Crippen LogP contribution in [-0.2, 0) is 23.7 Å². The SMILES string of the molecule is CCN1CCOCC1.CN1CCOCC1.COC1CCOCC1.COCC1CC1. The van der Waals surface area contributed by atoms with Gasteiger partial charge in [-0.2, -0.15) is 0 Å². The smallest absolute Gasteiger partial charge is 0.0615 e. The molecule has 174 valence electrons. The second kappa shape index (κ2) is 18.5. The molecule has 4 aliphatic rings. The van der Waals surface area contributed by atoms with Crippen LogP contribution in [0.2, 0.25) is 0 Å². The summed E-state index contributed by atoms with van der Waals surface area (Å²) in [7, 11) is 5.64. The van der Waals surface area contributed by atoms with Gasteiger partial charge in [-0.1, -0.05) is 6.92 Å². The Morgan fingerprint density at radius 2 is 1.28 bits per heavy atom. The summed E-state index contributed by atoms with van der Waals surface area (Å²) in [4.78, 5) is 4.66. The Balaban J connectivity index is 0.000000194. The van der Waals surface area contributed by atoms with Gasteiger partial charge in [0, 0.05) is 60.2 Å². The van der Waals surface area contributed by atoms with Crippen molar-refractivity contribution in [3.05, 3.63) is 0 Å². The van der Waals surface area contributed by atoms with Gasteiger partial charge in [0.2, 0.25) is 0 Å². The van der Waals surface area contributed by atoms with Crippen LogP contribution in [0, 0.1) is 5.92 Å². The molecule has 7 nitrogen and oxygen atoms in total. The van der Waals surface area contributed by atoms with Gasteiger partial charge in [0.15, 0.2) is 0 Å². The molecule has 3 saturated heterocycles. The standard InChI is InChI=1S/C6H13NO.C6H12O2.C5H11NO.C5H10O/c1-2-7-3-5-8-6-4-7;1-7-6-2-4-8-5-3-6;1-6-2-4-7-5-3-6;1-6-4-5-2-3-5/h2-6H2,1H3;6H,2-5H2,1H3;2-5H2,1H3;5H,2-4H2,1H3. The molecule has 4 rings (SSSR count). The highest BCUT2D eigenvalue weighted by molar-refractivity contribution is 4.71. The largest absolute Gasteiger partial charge is 0.384 e. The minimum absolute atomic E-state index is 0.462. The van der Waals surface area contributed by atoms with Gasteiger partial charge in [0.25, 0.3) is 0 Å². The average molecular weight is 419 g/mol. The number of nitrogens with zero attached hydrogens (tertiary/aromatic N) is 2. The quantitative estimate of drug-likeness (QED) is 0.693. The molecule has 0 N–H and O–H groups in total. The number of hydrogen-bond acceptors (Lipinski definition) is 7. The van der Waals surface area contributed by atoms with Crippen molar-refractivity contribution in [2.24, 2.45) is 5.92 Å². The number of hydrogen-bond donors (Lipinski definition) is 0. The van der Waals surface area contributed by atoms with E-state index in [4.69, 9.17) is 23.7 Å². The third kappa shape index (κ3) is 16.1. The molecule has 3 aliphatic heterocycles. The van der Waals surface area contributed by atoms with Crippen molar-refractivity contribution in [1.29, 1.82) is 0 Å². The molecule has 29 heavy (non-hydrogen) atoms. The third-order valence-corrected chi connectivity index (χ3v) is 5.39. The summed E-state index contributed by atoms with van der Waals surface area (Å²) < 4.78 is 25.4. The lowest BCUT2D eigenvalue weighted by Gasteiger charge is -2.24. The van der Waals surface area contributed by atoms with E-state index in [1.165, 1.54) is 19.4 Å². The minimum atomic E-state index is 0.462. The van der Waals surface area contributed by atoms with Crippen LogP contribution in [0.1, 0.15) is 32.6 Å². The summed E-state index contributed by atoms with van der Waals surface area (Å²) >= 11 is 0. The van der Waals surface area contributed by atoms with Crippen molar-refractivity contribution in [3.63, 3.8) is 0 Å². The molecule has 0 amide bonds. The number of ether oxygens (including phenoxy) is 5. The van der Waals surface area contributed by atoms with Gasteiger partial charge < -0.3 is 28.6 Å². The topological polar surface area (TPSA) is 52.6 Å². The van der Waals surface area contributed by atoms with Crippen LogP contribution in [0.3, 0.4) is 0 Å². The molecule has 3 heterocycles. The Bertz CT molecular complexity index is 322. The first-order valence-electron chi connectivity index (χ1n) is 11.3. The highest BCUT2D eigenvalue weighted by Crippen LogP contribution is 2.28. The van der Waals surface area contributed by atoms with Crippen LogP contribution in [0.15, 0.2) is 0 Å². The van der Waals surface area contributed by atoms with Crippen LogP contribution < -0.4 is 0 Å². The lowest BCUT2D eigenvalue weighted by atomic mass is 10.2. The fourth-order valence-corrected chi connectivity index (χ4v) is 3.00. The maximum Gasteiger partial charge on any atom is 0.0615 e. The summed E-state index contributed by atoms with van der Waals surface area (Å²) in [6.07, 6.45) is 5.39. The molecule has 1 saturated carbocycles. The maximum absolute atomic E-state index is 5.16. The van der Waals surface area contributed by atoms with Gasteiger partial charge in [-0.3, -0.25) is 4.90 Å². The van der Waals surface area contributed by atoms with E-state index in [0.29, 0.717) is 6.10 Å². The zero-order valence-electron chi connectivity index (χ0n) is 19.4. The molecular formula is C22H46N2O5. The van der Waals surface area contributed by atoms with Gasteiger partial charge in [-0.15, -0.1) is 0 Å². The summed E-state index contributed by atoms with van der Waals surface area (Å²) in [6.45, 7) is 14.2. The first-order valence-corrected chi connectivity index (χ1v) is 11.3. The van der Waals surface area contributed by atoms with Gasteiger partial charge in [0.05, 0.1) is 32.5 Å². The predicted octanol–water partition coefficient (Wildman–Crippen LogP) is 2.14. The van der Waals surface area contributed by atoms with Crippen molar-refractivity contribution >= 4 is 0 Å². The van der Waals surface area contributed by atoms with E-state index >= 15 is 0 Å². The van der Waals surface area contributed by atoms with Crippen LogP contribution in [0.4, 0.5) is 0 Å². The molecule has 0 unspecified atom stereocenters. The van der Waals surface area contributed by atoms with Gasteiger partial charge in [-0.25, -0.2) is 0 Å². The number of likely N-dealkylation sites (N-methyl/N-ethyl adjacent to an activating group) is 2. The lowest BCUT2D eigenvalue weighted by Crippen LogP contribution is -2.35. The summed E-state index contributed by atoms with van der Waals surface area (Å²) in [6, 6.07) is 0. The van der Waals surface area contributed by atoms with E-state index in [2.05, 4.69) is 23.8 Å². The molecule has 0 aromatic rings. The van der Waals surface area contributed by atoms with Crippen LogP contribution in [0.5, 0.6) is 0 Å². The molecule has 0 radical (unpaired) electrons. The second-order valence-electron chi connectivity index (χ2n) is 7.91. The molecule has 0 atom stereocenters. The summed E-state index contributed by atoms with van der Waals surface area (Å²) in [5.74, 6) is 0.926. The molecule has 4 fully saturated rings. The Morgan fingerprint density at radius 1 is 0.759 bits per heavy atom. The van der Waals surface area contributed by atoms with Crippen LogP contribution in [-0.4, -0.2) is 116 Å². The molecule has 0 aromatic carbocycles. The average Bonchev–Trinajstić information content (AvgIpc) is 3.61. The zero-order chi connectivity index (χ0) is 21.2. The first-order chi connectivity index (χ1) is 14.2. The maximum atomic E-state index is 5.16. The molecular weight excluding hydrogens is 372 g/mol. The van der Waals surface area contributed by atoms with Crippen molar-refractivity contribution < 1.29 is 23.7 Å². The number of rotatable bonds is 4. The Morgan fingerprint density at radius 3 is 1.55 bits per heavy atom. The second-order valence-corrected chi connectivity index (χ2v) is 7.91. The fraction of sp³-hybridized carbons (Fsp3) is 1.00.